The minimum Gasteiger partial charge on any atom is -0.311 e. The number of carbonyl (C=O) groups is 1. The Hall–Kier alpha value is -1.68. The number of hydrogen-bond donors (Lipinski definition) is 0. The van der Waals surface area contributed by atoms with Crippen LogP contribution in [0.2, 0.25) is 0 Å². The van der Waals surface area contributed by atoms with Gasteiger partial charge in [0.05, 0.1) is 0 Å². The highest BCUT2D eigenvalue weighted by atomic mass is 32.1. The molecule has 1 amide bonds. The summed E-state index contributed by atoms with van der Waals surface area (Å²) >= 11 is 1.21. The maximum atomic E-state index is 11.9. The lowest BCUT2D eigenvalue weighted by Gasteiger charge is -2.15. The van der Waals surface area contributed by atoms with E-state index < -0.39 is 0 Å². The first-order valence-corrected chi connectivity index (χ1v) is 5.30. The molecule has 2 aromatic rings. The number of anilines is 1. The van der Waals surface area contributed by atoms with E-state index in [1.54, 1.807) is 24.2 Å². The molecular weight excluding hydrogens is 208 g/mol. The Morgan fingerprint density at radius 3 is 2.60 bits per heavy atom. The second-order valence-electron chi connectivity index (χ2n) is 3.08. The van der Waals surface area contributed by atoms with Gasteiger partial charge in [-0.3, -0.25) is 4.79 Å². The largest absolute Gasteiger partial charge is 0.311 e. The molecule has 1 heterocycles. The van der Waals surface area contributed by atoms with Gasteiger partial charge in [-0.2, -0.15) is 0 Å². The third-order valence-corrected chi connectivity index (χ3v) is 2.83. The van der Waals surface area contributed by atoms with Gasteiger partial charge in [0.15, 0.2) is 0 Å². The maximum Gasteiger partial charge on any atom is 0.269 e. The van der Waals surface area contributed by atoms with E-state index in [2.05, 4.69) is 4.37 Å². The molecule has 0 unspecified atom stereocenters. The fourth-order valence-electron chi connectivity index (χ4n) is 1.26. The number of nitrogens with zero attached hydrogens (tertiary/aromatic N) is 2. The lowest BCUT2D eigenvalue weighted by Crippen LogP contribution is -2.25. The summed E-state index contributed by atoms with van der Waals surface area (Å²) in [6, 6.07) is 11.3. The summed E-state index contributed by atoms with van der Waals surface area (Å²) in [6.45, 7) is 0. The van der Waals surface area contributed by atoms with Gasteiger partial charge in [0.2, 0.25) is 0 Å². The Kier molecular flexibility index (Phi) is 2.78. The van der Waals surface area contributed by atoms with Crippen molar-refractivity contribution in [3.8, 4) is 0 Å². The quantitative estimate of drug-likeness (QED) is 0.775. The lowest BCUT2D eigenvalue weighted by atomic mass is 10.3. The average Bonchev–Trinajstić information content (AvgIpc) is 2.82. The standard InChI is InChI=1S/C11H10N2OS/c1-13(9-5-3-2-4-6-9)11(14)10-7-8-12-15-10/h2-8H,1H3. The van der Waals surface area contributed by atoms with Crippen LogP contribution in [0.3, 0.4) is 0 Å². The average molecular weight is 218 g/mol. The van der Waals surface area contributed by atoms with E-state index in [1.807, 2.05) is 30.3 Å². The van der Waals surface area contributed by atoms with Crippen LogP contribution in [0.4, 0.5) is 5.69 Å². The van der Waals surface area contributed by atoms with E-state index >= 15 is 0 Å². The number of para-hydroxylation sites is 1. The zero-order chi connectivity index (χ0) is 10.7. The normalized spacial score (nSPS) is 9.93. The molecule has 0 saturated heterocycles. The smallest absolute Gasteiger partial charge is 0.269 e. The Morgan fingerprint density at radius 1 is 1.27 bits per heavy atom. The number of benzene rings is 1. The molecule has 4 heteroatoms. The molecule has 0 aliphatic rings. The van der Waals surface area contributed by atoms with Crippen molar-refractivity contribution in [2.75, 3.05) is 11.9 Å². The van der Waals surface area contributed by atoms with Crippen molar-refractivity contribution in [3.05, 3.63) is 47.5 Å². The monoisotopic (exact) mass is 218 g/mol. The molecular formula is C11H10N2OS. The molecule has 15 heavy (non-hydrogen) atoms. The van der Waals surface area contributed by atoms with Crippen LogP contribution in [0.5, 0.6) is 0 Å². The molecule has 0 N–H and O–H groups in total. The van der Waals surface area contributed by atoms with Crippen molar-refractivity contribution in [1.82, 2.24) is 4.37 Å². The van der Waals surface area contributed by atoms with Gasteiger partial charge in [0.25, 0.3) is 5.91 Å². The van der Waals surface area contributed by atoms with Crippen LogP contribution in [0.15, 0.2) is 42.6 Å². The lowest BCUT2D eigenvalue weighted by molar-refractivity contribution is 0.0997. The van der Waals surface area contributed by atoms with Gasteiger partial charge in [-0.05, 0) is 29.7 Å². The van der Waals surface area contributed by atoms with Gasteiger partial charge in [-0.1, -0.05) is 18.2 Å². The summed E-state index contributed by atoms with van der Waals surface area (Å²) in [5, 5.41) is 0. The molecule has 0 atom stereocenters. The molecule has 0 aliphatic heterocycles. The second kappa shape index (κ2) is 4.23. The number of amides is 1. The predicted molar refractivity (Wildman–Crippen MR) is 61.3 cm³/mol. The van der Waals surface area contributed by atoms with Crippen LogP contribution in [-0.4, -0.2) is 17.3 Å². The first-order chi connectivity index (χ1) is 7.29. The Labute approximate surface area is 92.1 Å². The van der Waals surface area contributed by atoms with E-state index in [-0.39, 0.29) is 5.91 Å². The van der Waals surface area contributed by atoms with E-state index in [4.69, 9.17) is 0 Å². The fraction of sp³-hybridized carbons (Fsp3) is 0.0909. The van der Waals surface area contributed by atoms with Crippen molar-refractivity contribution in [2.45, 2.75) is 0 Å². The molecule has 0 aliphatic carbocycles. The van der Waals surface area contributed by atoms with Gasteiger partial charge in [-0.15, -0.1) is 0 Å². The summed E-state index contributed by atoms with van der Waals surface area (Å²) in [6.07, 6.45) is 1.64. The van der Waals surface area contributed by atoms with Crippen LogP contribution in [-0.2, 0) is 0 Å². The SMILES string of the molecule is CN(C(=O)c1ccns1)c1ccccc1. The number of aromatic nitrogens is 1. The molecule has 76 valence electrons. The van der Waals surface area contributed by atoms with Crippen molar-refractivity contribution in [1.29, 1.82) is 0 Å². The summed E-state index contributed by atoms with van der Waals surface area (Å²) in [5.74, 6) is -0.0244. The predicted octanol–water partition coefficient (Wildman–Crippen LogP) is 2.42. The molecule has 1 aromatic heterocycles. The third-order valence-electron chi connectivity index (χ3n) is 2.10. The molecule has 1 aromatic carbocycles. The highest BCUT2D eigenvalue weighted by Crippen LogP contribution is 2.16. The zero-order valence-corrected chi connectivity index (χ0v) is 9.07. The van der Waals surface area contributed by atoms with Crippen LogP contribution in [0.1, 0.15) is 9.67 Å². The fourth-order valence-corrected chi connectivity index (χ4v) is 1.83. The van der Waals surface area contributed by atoms with E-state index in [9.17, 15) is 4.79 Å². The minimum absolute atomic E-state index is 0.0244. The van der Waals surface area contributed by atoms with Crippen molar-refractivity contribution in [2.24, 2.45) is 0 Å². The number of hydrogen-bond acceptors (Lipinski definition) is 3. The third kappa shape index (κ3) is 2.05. The Bertz CT molecular complexity index is 439. The van der Waals surface area contributed by atoms with Gasteiger partial charge in [0.1, 0.15) is 4.88 Å². The number of carbonyl (C=O) groups excluding carboxylic acids is 1. The summed E-state index contributed by atoms with van der Waals surface area (Å²) in [5.41, 5.74) is 0.885. The van der Waals surface area contributed by atoms with Crippen molar-refractivity contribution >= 4 is 23.1 Å². The first-order valence-electron chi connectivity index (χ1n) is 4.53. The first kappa shape index (κ1) is 9.86. The molecule has 0 saturated carbocycles. The molecule has 0 fully saturated rings. The topological polar surface area (TPSA) is 33.2 Å². The van der Waals surface area contributed by atoms with Crippen LogP contribution < -0.4 is 4.90 Å². The summed E-state index contributed by atoms with van der Waals surface area (Å²) in [4.78, 5) is 14.2. The molecule has 0 spiro atoms. The zero-order valence-electron chi connectivity index (χ0n) is 8.25. The summed E-state index contributed by atoms with van der Waals surface area (Å²) < 4.78 is 3.91. The van der Waals surface area contributed by atoms with Gasteiger partial charge >= 0.3 is 0 Å². The molecule has 3 nitrogen and oxygen atoms in total. The minimum atomic E-state index is -0.0244. The summed E-state index contributed by atoms with van der Waals surface area (Å²) in [7, 11) is 1.76. The maximum absolute atomic E-state index is 11.9. The second-order valence-corrected chi connectivity index (χ2v) is 3.91. The molecule has 0 radical (unpaired) electrons. The van der Waals surface area contributed by atoms with Crippen LogP contribution in [0, 0.1) is 0 Å². The van der Waals surface area contributed by atoms with Crippen molar-refractivity contribution < 1.29 is 4.79 Å². The molecule has 2 rings (SSSR count). The number of rotatable bonds is 2. The van der Waals surface area contributed by atoms with Gasteiger partial charge < -0.3 is 4.90 Å². The van der Waals surface area contributed by atoms with E-state index in [0.717, 1.165) is 5.69 Å². The van der Waals surface area contributed by atoms with E-state index in [0.29, 0.717) is 4.88 Å². The van der Waals surface area contributed by atoms with Crippen LogP contribution in [0.25, 0.3) is 0 Å². The van der Waals surface area contributed by atoms with Gasteiger partial charge in [-0.25, -0.2) is 4.37 Å². The highest BCUT2D eigenvalue weighted by molar-refractivity contribution is 7.08. The Balaban J connectivity index is 2.23. The van der Waals surface area contributed by atoms with Crippen molar-refractivity contribution in [3.63, 3.8) is 0 Å². The van der Waals surface area contributed by atoms with Gasteiger partial charge in [0, 0.05) is 18.9 Å². The molecule has 0 bridgehead atoms. The van der Waals surface area contributed by atoms with E-state index in [1.165, 1.54) is 11.5 Å². The Morgan fingerprint density at radius 2 is 2.00 bits per heavy atom. The van der Waals surface area contributed by atoms with Crippen LogP contribution >= 0.6 is 11.5 Å². The highest BCUT2D eigenvalue weighted by Gasteiger charge is 2.14.